The number of rotatable bonds is 4. The van der Waals surface area contributed by atoms with Gasteiger partial charge in [0.25, 0.3) is 0 Å². The summed E-state index contributed by atoms with van der Waals surface area (Å²) in [4.78, 5) is 63.0. The van der Waals surface area contributed by atoms with Crippen LogP contribution in [0.1, 0.15) is 61.3 Å². The van der Waals surface area contributed by atoms with E-state index in [4.69, 9.17) is 40.0 Å². The monoisotopic (exact) mass is 600 g/mol. The van der Waals surface area contributed by atoms with E-state index in [9.17, 15) is 29.1 Å². The maximum absolute atomic E-state index is 13.2. The van der Waals surface area contributed by atoms with Crippen molar-refractivity contribution >= 4 is 41.4 Å². The van der Waals surface area contributed by atoms with Crippen LogP contribution in [0.4, 0.5) is 0 Å². The smallest absolute Gasteiger partial charge is 0.312 e. The highest BCUT2D eigenvalue weighted by Gasteiger charge is 2.77. The van der Waals surface area contributed by atoms with E-state index in [1.807, 2.05) is 0 Å². The number of hydrogen-bond donors (Lipinski definition) is 1. The number of carbonyl (C=O) groups is 5. The second kappa shape index (κ2) is 10.5. The van der Waals surface area contributed by atoms with Gasteiger partial charge < -0.3 is 33.5 Å². The third-order valence-electron chi connectivity index (χ3n) is 9.33. The molecule has 12 nitrogen and oxygen atoms in total. The number of fused-ring (bicyclic) bond motifs is 2. The van der Waals surface area contributed by atoms with Crippen LogP contribution in [0, 0.1) is 23.2 Å². The van der Waals surface area contributed by atoms with Gasteiger partial charge in [0.05, 0.1) is 11.3 Å². The van der Waals surface area contributed by atoms with Gasteiger partial charge in [0.15, 0.2) is 17.5 Å². The van der Waals surface area contributed by atoms with Crippen LogP contribution in [-0.4, -0.2) is 82.2 Å². The molecule has 0 aromatic carbocycles. The molecule has 0 unspecified atom stereocenters. The lowest BCUT2D eigenvalue weighted by atomic mass is 9.51. The van der Waals surface area contributed by atoms with Crippen molar-refractivity contribution in [1.82, 2.24) is 0 Å². The average Bonchev–Trinajstić information content (AvgIpc) is 3.09. The minimum absolute atomic E-state index is 0.0116. The van der Waals surface area contributed by atoms with E-state index in [2.05, 4.69) is 6.58 Å². The molecule has 3 aliphatic heterocycles. The van der Waals surface area contributed by atoms with Gasteiger partial charge in [-0.2, -0.15) is 0 Å². The first-order chi connectivity index (χ1) is 18.9. The summed E-state index contributed by atoms with van der Waals surface area (Å²) in [6.45, 7) is 13.7. The van der Waals surface area contributed by atoms with Gasteiger partial charge in [-0.1, -0.05) is 20.4 Å². The fourth-order valence-electron chi connectivity index (χ4n) is 7.50. The van der Waals surface area contributed by atoms with Crippen LogP contribution in [0.5, 0.6) is 0 Å². The second-order valence-corrected chi connectivity index (χ2v) is 12.3. The second-order valence-electron chi connectivity index (χ2n) is 11.8. The van der Waals surface area contributed by atoms with E-state index in [1.165, 1.54) is 34.6 Å². The predicted molar refractivity (Wildman–Crippen MR) is 139 cm³/mol. The van der Waals surface area contributed by atoms with Crippen LogP contribution in [0.2, 0.25) is 0 Å². The molecule has 228 valence electrons. The molecule has 4 rings (SSSR count). The van der Waals surface area contributed by atoms with Crippen molar-refractivity contribution < 1.29 is 57.5 Å². The molecule has 2 bridgehead atoms. The van der Waals surface area contributed by atoms with Gasteiger partial charge in [0, 0.05) is 63.4 Å². The first-order valence-corrected chi connectivity index (χ1v) is 14.0. The van der Waals surface area contributed by atoms with Gasteiger partial charge in [-0.25, -0.2) is 0 Å². The highest BCUT2D eigenvalue weighted by atomic mass is 35.5. The van der Waals surface area contributed by atoms with Crippen molar-refractivity contribution in [3.8, 4) is 0 Å². The molecule has 0 aromatic rings. The Bertz CT molecular complexity index is 1170. The molecule has 4 aliphatic rings. The Kier molecular flexibility index (Phi) is 8.03. The lowest BCUT2D eigenvalue weighted by Crippen LogP contribution is -2.76. The van der Waals surface area contributed by atoms with E-state index in [0.29, 0.717) is 0 Å². The fourth-order valence-corrected chi connectivity index (χ4v) is 7.92. The molecular weight excluding hydrogens is 564 g/mol. The third-order valence-corrected chi connectivity index (χ3v) is 9.82. The van der Waals surface area contributed by atoms with Crippen molar-refractivity contribution in [1.29, 1.82) is 0 Å². The molecule has 3 heterocycles. The molecule has 41 heavy (non-hydrogen) atoms. The lowest BCUT2D eigenvalue weighted by Gasteiger charge is -2.63. The standard InChI is InChI=1S/C28H37ClO12/c1-11-18(36-14(4)30)9-19(37-15(5)31)26(8)20(38-16(6)32)10-27(35)12(2)22(29)24-28(41-27,13(3)25(34)40-24)23(21(11)26)39-17(7)33/h11,13,18-24,35H,2,9-10H2,1,3-8H3/t11-,13-,18+,19-,20-,21+,22-,23+,24-,26+,27-,28+/m0/s1. The summed E-state index contributed by atoms with van der Waals surface area (Å²) >= 11 is 6.80. The molecule has 0 radical (unpaired) electrons. The van der Waals surface area contributed by atoms with Crippen LogP contribution in [0.15, 0.2) is 12.2 Å². The molecule has 12 atom stereocenters. The summed E-state index contributed by atoms with van der Waals surface area (Å²) in [6, 6.07) is 0. The highest BCUT2D eigenvalue weighted by Crippen LogP contribution is 2.63. The van der Waals surface area contributed by atoms with E-state index in [-0.39, 0.29) is 12.0 Å². The Labute approximate surface area is 242 Å². The molecule has 0 amide bonds. The van der Waals surface area contributed by atoms with Gasteiger partial charge in [-0.05, 0) is 6.92 Å². The summed E-state index contributed by atoms with van der Waals surface area (Å²) in [6.07, 6.45) is -6.18. The summed E-state index contributed by atoms with van der Waals surface area (Å²) in [5, 5.41) is 10.9. The number of aliphatic hydroxyl groups is 1. The maximum Gasteiger partial charge on any atom is 0.312 e. The van der Waals surface area contributed by atoms with Crippen molar-refractivity contribution in [3.63, 3.8) is 0 Å². The van der Waals surface area contributed by atoms with Crippen molar-refractivity contribution in [2.24, 2.45) is 23.2 Å². The molecule has 0 aromatic heterocycles. The molecular formula is C28H37ClO12. The van der Waals surface area contributed by atoms with E-state index in [1.54, 1.807) is 13.8 Å². The Morgan fingerprint density at radius 1 is 0.951 bits per heavy atom. The maximum atomic E-state index is 13.2. The van der Waals surface area contributed by atoms with E-state index in [0.717, 1.165) is 0 Å². The number of ether oxygens (including phenoxy) is 6. The van der Waals surface area contributed by atoms with Crippen LogP contribution in [0.3, 0.4) is 0 Å². The molecule has 1 aliphatic carbocycles. The molecule has 3 saturated heterocycles. The number of carbonyl (C=O) groups excluding carboxylic acids is 5. The topological polar surface area (TPSA) is 161 Å². The quantitative estimate of drug-likeness (QED) is 0.216. The number of esters is 5. The summed E-state index contributed by atoms with van der Waals surface area (Å²) in [5.74, 6) is -8.42. The molecule has 4 fully saturated rings. The highest BCUT2D eigenvalue weighted by molar-refractivity contribution is 6.23. The largest absolute Gasteiger partial charge is 0.462 e. The Hall–Kier alpha value is -2.70. The number of alkyl halides is 1. The van der Waals surface area contributed by atoms with E-state index >= 15 is 0 Å². The van der Waals surface area contributed by atoms with Crippen molar-refractivity contribution in [3.05, 3.63) is 12.2 Å². The van der Waals surface area contributed by atoms with Crippen molar-refractivity contribution in [2.45, 2.75) is 109 Å². The average molecular weight is 601 g/mol. The van der Waals surface area contributed by atoms with Gasteiger partial charge >= 0.3 is 29.8 Å². The van der Waals surface area contributed by atoms with Crippen LogP contribution in [-0.2, 0) is 52.4 Å². The SMILES string of the molecule is C=C1[C@H](Cl)[C@@H]2OC(=O)[C@H](C)[C@]23O[C@@]1(O)C[C@H](OC(C)=O)[C@]1(C)[C@H]([C@@H](C)[C@H](OC(C)=O)C[C@@H]1OC(C)=O)[C@H]3OC(C)=O. The normalized spacial score (nSPS) is 45.1. The summed E-state index contributed by atoms with van der Waals surface area (Å²) < 4.78 is 35.4. The first-order valence-electron chi connectivity index (χ1n) is 13.5. The molecule has 1 N–H and O–H groups in total. The zero-order valence-corrected chi connectivity index (χ0v) is 24.9. The predicted octanol–water partition coefficient (Wildman–Crippen LogP) is 1.96. The van der Waals surface area contributed by atoms with Gasteiger partial charge in [-0.3, -0.25) is 24.0 Å². The Morgan fingerprint density at radius 3 is 2.02 bits per heavy atom. The zero-order chi connectivity index (χ0) is 30.8. The first kappa shape index (κ1) is 31.2. The van der Waals surface area contributed by atoms with Crippen LogP contribution < -0.4 is 0 Å². The third kappa shape index (κ3) is 4.81. The Morgan fingerprint density at radius 2 is 1.49 bits per heavy atom. The minimum Gasteiger partial charge on any atom is -0.462 e. The van der Waals surface area contributed by atoms with Gasteiger partial charge in [-0.15, -0.1) is 11.6 Å². The van der Waals surface area contributed by atoms with Gasteiger partial charge in [0.2, 0.25) is 0 Å². The van der Waals surface area contributed by atoms with E-state index < -0.39 is 107 Å². The molecule has 1 spiro atoms. The molecule has 13 heteroatoms. The van der Waals surface area contributed by atoms with Crippen molar-refractivity contribution in [2.75, 3.05) is 0 Å². The Balaban J connectivity index is 2.08. The molecule has 1 saturated carbocycles. The minimum atomic E-state index is -2.28. The zero-order valence-electron chi connectivity index (χ0n) is 24.1. The summed E-state index contributed by atoms with van der Waals surface area (Å²) in [7, 11) is 0. The summed E-state index contributed by atoms with van der Waals surface area (Å²) in [5.41, 5.74) is -3.30. The number of halogens is 1. The van der Waals surface area contributed by atoms with Gasteiger partial charge in [0.1, 0.15) is 24.4 Å². The van der Waals surface area contributed by atoms with Crippen LogP contribution >= 0.6 is 11.6 Å². The lowest BCUT2D eigenvalue weighted by molar-refractivity contribution is -0.355. The van der Waals surface area contributed by atoms with Crippen LogP contribution in [0.25, 0.3) is 0 Å². The number of hydrogen-bond acceptors (Lipinski definition) is 12. The fraction of sp³-hybridized carbons (Fsp3) is 0.750.